The number of carbonyl (C=O) groups is 1. The van der Waals surface area contributed by atoms with E-state index in [0.717, 1.165) is 0 Å². The lowest BCUT2D eigenvalue weighted by molar-refractivity contribution is 0.0695. The van der Waals surface area contributed by atoms with Crippen LogP contribution in [0.15, 0.2) is 23.1 Å². The van der Waals surface area contributed by atoms with Gasteiger partial charge in [0.1, 0.15) is 0 Å². The first-order chi connectivity index (χ1) is 9.86. The van der Waals surface area contributed by atoms with Crippen molar-refractivity contribution in [2.45, 2.75) is 37.2 Å². The second-order valence-electron chi connectivity index (χ2n) is 5.11. The number of carboxylic acids is 1. The van der Waals surface area contributed by atoms with Crippen molar-refractivity contribution >= 4 is 16.0 Å². The van der Waals surface area contributed by atoms with Gasteiger partial charge >= 0.3 is 5.97 Å². The van der Waals surface area contributed by atoms with Gasteiger partial charge in [0.05, 0.1) is 16.6 Å². The van der Waals surface area contributed by atoms with Gasteiger partial charge in [0.25, 0.3) is 0 Å². The largest absolute Gasteiger partial charge is 0.478 e. The van der Waals surface area contributed by atoms with Crippen molar-refractivity contribution in [2.75, 3.05) is 13.1 Å². The Morgan fingerprint density at radius 3 is 2.48 bits per heavy atom. The van der Waals surface area contributed by atoms with Gasteiger partial charge in [-0.05, 0) is 37.0 Å². The van der Waals surface area contributed by atoms with E-state index >= 15 is 0 Å². The van der Waals surface area contributed by atoms with E-state index in [9.17, 15) is 23.4 Å². The Bertz CT molecular complexity index is 633. The number of piperidine rings is 1. The number of hydrogen-bond acceptors (Lipinski definition) is 4. The highest BCUT2D eigenvalue weighted by Gasteiger charge is 2.29. The highest BCUT2D eigenvalue weighted by molar-refractivity contribution is 7.89. The Morgan fingerprint density at radius 1 is 1.33 bits per heavy atom. The van der Waals surface area contributed by atoms with Gasteiger partial charge in [-0.25, -0.2) is 13.2 Å². The van der Waals surface area contributed by atoms with Crippen LogP contribution in [0.3, 0.4) is 0 Å². The third-order valence-electron chi connectivity index (χ3n) is 3.75. The van der Waals surface area contributed by atoms with Crippen LogP contribution in [0.5, 0.6) is 0 Å². The summed E-state index contributed by atoms with van der Waals surface area (Å²) in [6.45, 7) is 2.32. The number of benzene rings is 1. The first kappa shape index (κ1) is 15.9. The maximum absolute atomic E-state index is 12.5. The Morgan fingerprint density at radius 2 is 1.95 bits per heavy atom. The molecule has 0 unspecified atom stereocenters. The van der Waals surface area contributed by atoms with E-state index in [1.807, 2.05) is 6.92 Å². The molecule has 0 aliphatic carbocycles. The third kappa shape index (κ3) is 3.25. The minimum Gasteiger partial charge on any atom is -0.478 e. The Labute approximate surface area is 124 Å². The number of hydrogen-bond donors (Lipinski definition) is 2. The average Bonchev–Trinajstić information content (AvgIpc) is 2.46. The van der Waals surface area contributed by atoms with Gasteiger partial charge in [0, 0.05) is 13.1 Å². The third-order valence-corrected chi connectivity index (χ3v) is 5.65. The Hall–Kier alpha value is -1.44. The molecule has 1 aliphatic rings. The molecular formula is C14H19NO5S. The zero-order chi connectivity index (χ0) is 15.6. The molecule has 0 aromatic heterocycles. The highest BCUT2D eigenvalue weighted by Crippen LogP contribution is 2.23. The fourth-order valence-corrected chi connectivity index (χ4v) is 3.95. The maximum atomic E-state index is 12.5. The Kier molecular flexibility index (Phi) is 4.65. The number of sulfonamides is 1. The van der Waals surface area contributed by atoms with E-state index in [1.54, 1.807) is 6.07 Å². The van der Waals surface area contributed by atoms with E-state index in [1.165, 1.54) is 16.4 Å². The summed E-state index contributed by atoms with van der Waals surface area (Å²) in [5.41, 5.74) is 0.631. The summed E-state index contributed by atoms with van der Waals surface area (Å²) in [4.78, 5) is 11.2. The van der Waals surface area contributed by atoms with E-state index in [2.05, 4.69) is 0 Å². The van der Waals surface area contributed by atoms with Gasteiger partial charge in [-0.3, -0.25) is 0 Å². The van der Waals surface area contributed by atoms with Crippen molar-refractivity contribution in [3.8, 4) is 0 Å². The van der Waals surface area contributed by atoms with E-state index in [0.29, 0.717) is 24.8 Å². The van der Waals surface area contributed by atoms with Crippen LogP contribution < -0.4 is 0 Å². The van der Waals surface area contributed by atoms with E-state index in [4.69, 9.17) is 0 Å². The van der Waals surface area contributed by atoms with Crippen LogP contribution in [0, 0.1) is 0 Å². The predicted octanol–water partition coefficient (Wildman–Crippen LogP) is 1.09. The van der Waals surface area contributed by atoms with Crippen LogP contribution in [0.1, 0.15) is 35.7 Å². The molecule has 6 nitrogen and oxygen atoms in total. The van der Waals surface area contributed by atoms with Gasteiger partial charge in [-0.2, -0.15) is 4.31 Å². The molecule has 7 heteroatoms. The van der Waals surface area contributed by atoms with Crippen LogP contribution >= 0.6 is 0 Å². The number of carboxylic acid groups (broad SMARTS) is 1. The lowest BCUT2D eigenvalue weighted by Crippen LogP contribution is -2.40. The highest BCUT2D eigenvalue weighted by atomic mass is 32.2. The first-order valence-corrected chi connectivity index (χ1v) is 8.34. The fourth-order valence-electron chi connectivity index (χ4n) is 2.46. The van der Waals surface area contributed by atoms with Gasteiger partial charge in [0.15, 0.2) is 0 Å². The molecule has 0 amide bonds. The van der Waals surface area contributed by atoms with E-state index < -0.39 is 22.1 Å². The quantitative estimate of drug-likeness (QED) is 0.867. The summed E-state index contributed by atoms with van der Waals surface area (Å²) in [6.07, 6.45) is 0.863. The summed E-state index contributed by atoms with van der Waals surface area (Å²) >= 11 is 0. The second-order valence-corrected chi connectivity index (χ2v) is 7.05. The molecular weight excluding hydrogens is 294 g/mol. The van der Waals surface area contributed by atoms with E-state index in [-0.39, 0.29) is 23.5 Å². The van der Waals surface area contributed by atoms with Crippen molar-refractivity contribution in [2.24, 2.45) is 0 Å². The van der Waals surface area contributed by atoms with Crippen LogP contribution in [0.4, 0.5) is 0 Å². The molecule has 2 rings (SSSR count). The van der Waals surface area contributed by atoms with Crippen molar-refractivity contribution in [1.29, 1.82) is 0 Å². The summed E-state index contributed by atoms with van der Waals surface area (Å²) in [5.74, 6) is -1.13. The van der Waals surface area contributed by atoms with Crippen molar-refractivity contribution < 1.29 is 23.4 Å². The molecule has 1 aromatic carbocycles. The molecule has 1 saturated heterocycles. The lowest BCUT2D eigenvalue weighted by atomic mass is 10.1. The molecule has 1 aromatic rings. The van der Waals surface area contributed by atoms with Crippen LogP contribution in [-0.2, 0) is 16.4 Å². The normalized spacial score (nSPS) is 17.8. The molecule has 0 atom stereocenters. The van der Waals surface area contributed by atoms with Crippen LogP contribution in [-0.4, -0.2) is 48.1 Å². The molecule has 2 N–H and O–H groups in total. The molecule has 0 saturated carbocycles. The summed E-state index contributed by atoms with van der Waals surface area (Å²) < 4.78 is 26.3. The number of aliphatic hydroxyl groups is 1. The lowest BCUT2D eigenvalue weighted by Gasteiger charge is -2.28. The minimum atomic E-state index is -3.71. The molecule has 1 heterocycles. The molecule has 0 spiro atoms. The summed E-state index contributed by atoms with van der Waals surface area (Å²) in [5, 5.41) is 18.6. The topological polar surface area (TPSA) is 94.9 Å². The monoisotopic (exact) mass is 313 g/mol. The van der Waals surface area contributed by atoms with Crippen molar-refractivity contribution in [3.05, 3.63) is 29.3 Å². The second kappa shape index (κ2) is 6.13. The van der Waals surface area contributed by atoms with Crippen molar-refractivity contribution in [3.63, 3.8) is 0 Å². The molecule has 1 aliphatic heterocycles. The Balaban J connectivity index is 2.36. The van der Waals surface area contributed by atoms with Gasteiger partial charge in [-0.15, -0.1) is 0 Å². The molecule has 1 fully saturated rings. The first-order valence-electron chi connectivity index (χ1n) is 6.90. The molecule has 21 heavy (non-hydrogen) atoms. The van der Waals surface area contributed by atoms with Crippen molar-refractivity contribution in [1.82, 2.24) is 4.31 Å². The zero-order valence-electron chi connectivity index (χ0n) is 11.8. The predicted molar refractivity (Wildman–Crippen MR) is 76.8 cm³/mol. The summed E-state index contributed by atoms with van der Waals surface area (Å²) in [6, 6.07) is 4.22. The maximum Gasteiger partial charge on any atom is 0.336 e. The minimum absolute atomic E-state index is 0.00603. The smallest absolute Gasteiger partial charge is 0.336 e. The SMILES string of the molecule is CCc1ccc(S(=O)(=O)N2CCC(O)CC2)cc1C(=O)O. The molecule has 0 radical (unpaired) electrons. The number of nitrogens with zero attached hydrogens (tertiary/aromatic N) is 1. The standard InChI is InChI=1S/C14H19NO5S/c1-2-10-3-4-12(9-13(10)14(17)18)21(19,20)15-7-5-11(16)6-8-15/h3-4,9,11,16H,2,5-8H2,1H3,(H,17,18). The fraction of sp³-hybridized carbons (Fsp3) is 0.500. The number of rotatable bonds is 4. The zero-order valence-corrected chi connectivity index (χ0v) is 12.6. The van der Waals surface area contributed by atoms with Crippen LogP contribution in [0.2, 0.25) is 0 Å². The number of aryl methyl sites for hydroxylation is 1. The average molecular weight is 313 g/mol. The number of aliphatic hydroxyl groups excluding tert-OH is 1. The van der Waals surface area contributed by atoms with Gasteiger partial charge in [-0.1, -0.05) is 13.0 Å². The van der Waals surface area contributed by atoms with Crippen LogP contribution in [0.25, 0.3) is 0 Å². The molecule has 0 bridgehead atoms. The van der Waals surface area contributed by atoms with Gasteiger partial charge < -0.3 is 10.2 Å². The molecule has 116 valence electrons. The van der Waals surface area contributed by atoms with Gasteiger partial charge in [0.2, 0.25) is 10.0 Å². The number of aromatic carboxylic acids is 1. The summed E-state index contributed by atoms with van der Waals surface area (Å²) in [7, 11) is -3.71.